The standard InChI is InChI=1S/C16H20N6O/c1-11-5-7-22(14(23)8-17-2)9-13(11)21(3)16-12-4-6-18-15(12)19-10-20-16/h4,6,10-11,13H,5,7-9H2,1,3H3,(H,18,19,20)/t11-,13+/m1/s1/i3D3,8D2,10D,11D,13D. The summed E-state index contributed by atoms with van der Waals surface area (Å²) in [5.41, 5.74) is 0.174. The van der Waals surface area contributed by atoms with E-state index in [0.717, 1.165) is 4.90 Å². The van der Waals surface area contributed by atoms with Crippen molar-refractivity contribution in [3.05, 3.63) is 30.0 Å². The summed E-state index contributed by atoms with van der Waals surface area (Å²) in [5, 5.41) is 0.217. The predicted molar refractivity (Wildman–Crippen MR) is 87.9 cm³/mol. The van der Waals surface area contributed by atoms with Crippen molar-refractivity contribution in [2.45, 2.75) is 19.4 Å². The Balaban J connectivity index is 2.20. The second kappa shape index (κ2) is 6.24. The monoisotopic (exact) mass is 320 g/mol. The zero-order chi connectivity index (χ0) is 23.4. The van der Waals surface area contributed by atoms with Gasteiger partial charge in [0.15, 0.2) is 0 Å². The van der Waals surface area contributed by atoms with Crippen LogP contribution in [0.4, 0.5) is 5.82 Å². The molecule has 0 saturated carbocycles. The molecule has 2 aromatic rings. The van der Waals surface area contributed by atoms with Crippen molar-refractivity contribution in [1.29, 1.82) is 0 Å². The third-order valence-corrected chi connectivity index (χ3v) is 3.79. The molecule has 0 unspecified atom stereocenters. The first-order chi connectivity index (χ1) is 14.1. The van der Waals surface area contributed by atoms with E-state index in [1.807, 2.05) is 0 Å². The number of likely N-dealkylation sites (N-methyl/N-ethyl adjacent to an activating group) is 1. The topological polar surface area (TPSA) is 69.5 Å². The Labute approximate surface area is 146 Å². The van der Waals surface area contributed by atoms with E-state index in [4.69, 9.17) is 17.5 Å². The second-order valence-electron chi connectivity index (χ2n) is 5.15. The highest BCUT2D eigenvalue weighted by atomic mass is 16.2. The van der Waals surface area contributed by atoms with Gasteiger partial charge in [0.2, 0.25) is 0 Å². The number of carbonyl (C=O) groups excluding carboxylic acids is 1. The van der Waals surface area contributed by atoms with E-state index in [2.05, 4.69) is 19.8 Å². The Morgan fingerprint density at radius 3 is 3.43 bits per heavy atom. The third kappa shape index (κ3) is 2.84. The summed E-state index contributed by atoms with van der Waals surface area (Å²) >= 11 is 0. The number of aromatic nitrogens is 3. The van der Waals surface area contributed by atoms with Crippen LogP contribution in [0.3, 0.4) is 0 Å². The Morgan fingerprint density at radius 1 is 1.78 bits per heavy atom. The lowest BCUT2D eigenvalue weighted by atomic mass is 9.92. The van der Waals surface area contributed by atoms with Crippen LogP contribution in [0.1, 0.15) is 24.3 Å². The van der Waals surface area contributed by atoms with Gasteiger partial charge in [0.05, 0.1) is 12.8 Å². The highest BCUT2D eigenvalue weighted by Gasteiger charge is 2.33. The van der Waals surface area contributed by atoms with E-state index < -0.39 is 44.1 Å². The minimum absolute atomic E-state index is 0.115. The largest absolute Gasteiger partial charge is 0.354 e. The minimum atomic E-state index is -3.00. The van der Waals surface area contributed by atoms with Crippen LogP contribution in [-0.2, 0) is 4.79 Å². The van der Waals surface area contributed by atoms with Gasteiger partial charge < -0.3 is 19.6 Å². The summed E-state index contributed by atoms with van der Waals surface area (Å²) in [6.45, 7) is 1.64. The van der Waals surface area contributed by atoms with E-state index in [1.165, 1.54) is 19.2 Å². The van der Waals surface area contributed by atoms with E-state index in [0.29, 0.717) is 4.90 Å². The molecule has 3 heterocycles. The molecule has 0 spiro atoms. The van der Waals surface area contributed by atoms with Crippen LogP contribution in [-0.4, -0.2) is 58.3 Å². The smallest absolute Gasteiger partial charge is 0.302 e. The summed E-state index contributed by atoms with van der Waals surface area (Å²) in [5.74, 6) is -3.19. The molecule has 23 heavy (non-hydrogen) atoms. The number of amides is 1. The number of aromatic amines is 1. The summed E-state index contributed by atoms with van der Waals surface area (Å²) in [4.78, 5) is 27.3. The zero-order valence-electron chi connectivity index (χ0n) is 20.4. The number of fused-ring (bicyclic) bond motifs is 1. The maximum absolute atomic E-state index is 12.6. The van der Waals surface area contributed by atoms with Gasteiger partial charge in [-0.2, -0.15) is 0 Å². The van der Waals surface area contributed by atoms with E-state index in [1.54, 1.807) is 0 Å². The van der Waals surface area contributed by atoms with Gasteiger partial charge in [-0.25, -0.2) is 16.5 Å². The number of nitrogens with one attached hydrogen (secondary N) is 1. The number of rotatable bonds is 3. The van der Waals surface area contributed by atoms with Gasteiger partial charge in [0.1, 0.15) is 21.9 Å². The van der Waals surface area contributed by atoms with E-state index in [9.17, 15) is 4.79 Å². The molecule has 1 saturated heterocycles. The summed E-state index contributed by atoms with van der Waals surface area (Å²) in [6, 6.07) is -0.827. The summed E-state index contributed by atoms with van der Waals surface area (Å²) < 4.78 is 65.1. The van der Waals surface area contributed by atoms with Crippen LogP contribution in [0.5, 0.6) is 0 Å². The lowest BCUT2D eigenvalue weighted by Gasteiger charge is -2.41. The third-order valence-electron chi connectivity index (χ3n) is 3.79. The Kier molecular flexibility index (Phi) is 2.25. The number of carbonyl (C=O) groups is 1. The van der Waals surface area contributed by atoms with Gasteiger partial charge in [-0.15, -0.1) is 0 Å². The Bertz CT molecular complexity index is 1060. The van der Waals surface area contributed by atoms with Crippen LogP contribution in [0.25, 0.3) is 15.9 Å². The highest BCUT2D eigenvalue weighted by molar-refractivity contribution is 5.87. The fraction of sp³-hybridized carbons (Fsp3) is 0.500. The minimum Gasteiger partial charge on any atom is -0.354 e. The number of nitrogens with zero attached hydrogens (tertiary/aromatic N) is 5. The fourth-order valence-corrected chi connectivity index (χ4v) is 2.51. The first kappa shape index (κ1) is 8.29. The molecule has 1 amide bonds. The molecule has 0 radical (unpaired) electrons. The molecular formula is C16H20N6O. The van der Waals surface area contributed by atoms with Crippen LogP contribution >= 0.6 is 0 Å². The molecule has 0 aromatic carbocycles. The van der Waals surface area contributed by atoms with Crippen molar-refractivity contribution in [2.24, 2.45) is 5.89 Å². The Hall–Kier alpha value is -2.62. The van der Waals surface area contributed by atoms with E-state index >= 15 is 0 Å². The number of piperidine rings is 1. The molecule has 7 heteroatoms. The molecule has 1 aliphatic heterocycles. The quantitative estimate of drug-likeness (QED) is 0.871. The van der Waals surface area contributed by atoms with Crippen molar-refractivity contribution in [3.63, 3.8) is 0 Å². The molecule has 2 atom stereocenters. The molecule has 1 fully saturated rings. The van der Waals surface area contributed by atoms with Gasteiger partial charge >= 0.3 is 5.91 Å². The number of anilines is 1. The SMILES string of the molecule is [2H]c1nc(N(C([2H])([2H])[2H])[C@@]2([2H])CN(C(=O)C([2H])([2H])[N+]#[C-])CC[C@@]2([2H])C)c2cc[nH]c2n1. The first-order valence-corrected chi connectivity index (χ1v) is 6.94. The zero-order valence-corrected chi connectivity index (χ0v) is 12.4. The molecular weight excluding hydrogens is 292 g/mol. The van der Waals surface area contributed by atoms with Gasteiger partial charge in [-0.1, -0.05) is 6.92 Å². The number of hydrogen-bond donors (Lipinski definition) is 1. The second-order valence-corrected chi connectivity index (χ2v) is 5.15. The lowest BCUT2D eigenvalue weighted by molar-refractivity contribution is -0.130. The maximum atomic E-state index is 12.6. The molecule has 7 nitrogen and oxygen atoms in total. The fourth-order valence-electron chi connectivity index (χ4n) is 2.51. The molecule has 1 N–H and O–H groups in total. The summed E-state index contributed by atoms with van der Waals surface area (Å²) in [6.07, 6.45) is 0.831. The van der Waals surface area contributed by atoms with Gasteiger partial charge in [0, 0.05) is 31.7 Å². The van der Waals surface area contributed by atoms with Crippen molar-refractivity contribution in [2.75, 3.05) is 31.5 Å². The van der Waals surface area contributed by atoms with Gasteiger partial charge in [-0.3, -0.25) is 4.79 Å². The molecule has 0 bridgehead atoms. The van der Waals surface area contributed by atoms with E-state index in [-0.39, 0.29) is 29.8 Å². The molecule has 120 valence electrons. The predicted octanol–water partition coefficient (Wildman–Crippen LogP) is 1.55. The normalized spacial score (nSPS) is 33.8. The first-order valence-electron chi connectivity index (χ1n) is 10.9. The molecule has 0 aliphatic carbocycles. The lowest BCUT2D eigenvalue weighted by Crippen LogP contribution is -2.53. The Morgan fingerprint density at radius 2 is 2.65 bits per heavy atom. The number of H-pyrrole nitrogens is 1. The van der Waals surface area contributed by atoms with Gasteiger partial charge in [0.25, 0.3) is 6.50 Å². The van der Waals surface area contributed by atoms with Crippen LogP contribution in [0, 0.1) is 12.5 Å². The van der Waals surface area contributed by atoms with Crippen LogP contribution in [0.2, 0.25) is 0 Å². The highest BCUT2D eigenvalue weighted by Crippen LogP contribution is 2.28. The molecule has 2 aromatic heterocycles. The van der Waals surface area contributed by atoms with Crippen molar-refractivity contribution in [3.8, 4) is 0 Å². The van der Waals surface area contributed by atoms with Crippen molar-refractivity contribution < 1.29 is 15.8 Å². The van der Waals surface area contributed by atoms with Gasteiger partial charge in [-0.05, 0) is 18.4 Å². The molecule has 1 aliphatic rings. The summed E-state index contributed by atoms with van der Waals surface area (Å²) in [7, 11) is 0. The maximum Gasteiger partial charge on any atom is 0.302 e. The van der Waals surface area contributed by atoms with Crippen LogP contribution in [0.15, 0.2) is 18.6 Å². The van der Waals surface area contributed by atoms with Crippen LogP contribution < -0.4 is 4.90 Å². The average Bonchev–Trinajstić information content (AvgIpc) is 3.11. The average molecular weight is 320 g/mol. The number of likely N-dealkylation sites (tertiary alicyclic amines) is 1. The van der Waals surface area contributed by atoms with Crippen molar-refractivity contribution in [1.82, 2.24) is 19.9 Å². The number of hydrogen-bond acceptors (Lipinski definition) is 4. The van der Waals surface area contributed by atoms with Crippen molar-refractivity contribution >= 4 is 22.8 Å². The molecule has 3 rings (SSSR count).